The smallest absolute Gasteiger partial charge is 0.276 e. The van der Waals surface area contributed by atoms with Crippen molar-refractivity contribution in [3.63, 3.8) is 0 Å². The lowest BCUT2D eigenvalue weighted by atomic mass is 10.2. The number of alkyl halides is 1. The molecule has 3 aromatic rings. The van der Waals surface area contributed by atoms with Crippen molar-refractivity contribution in [2.24, 2.45) is 0 Å². The summed E-state index contributed by atoms with van der Waals surface area (Å²) < 4.78 is 15.8. The van der Waals surface area contributed by atoms with Gasteiger partial charge in [-0.1, -0.05) is 29.5 Å². The molecule has 9 heteroatoms. The number of carbonyl (C=O) groups excluding carboxylic acids is 2. The molecule has 2 aliphatic heterocycles. The predicted octanol–water partition coefficient (Wildman–Crippen LogP) is 2.32. The highest BCUT2D eigenvalue weighted by atomic mass is 19.1. The molecule has 0 radical (unpaired) electrons. The fourth-order valence-corrected chi connectivity index (χ4v) is 4.40. The zero-order valence-electron chi connectivity index (χ0n) is 17.0. The van der Waals surface area contributed by atoms with Gasteiger partial charge in [-0.3, -0.25) is 9.59 Å². The van der Waals surface area contributed by atoms with Crippen LogP contribution in [0.2, 0.25) is 0 Å². The number of para-hydroxylation sites is 1. The Kier molecular flexibility index (Phi) is 5.09. The molecule has 2 atom stereocenters. The Labute approximate surface area is 178 Å². The van der Waals surface area contributed by atoms with Gasteiger partial charge in [-0.2, -0.15) is 0 Å². The number of halogens is 1. The Hall–Kier alpha value is -3.36. The van der Waals surface area contributed by atoms with Crippen molar-refractivity contribution in [3.8, 4) is 0 Å². The minimum Gasteiger partial charge on any atom is -0.337 e. The highest BCUT2D eigenvalue weighted by molar-refractivity contribution is 5.95. The number of aromatic nitrogens is 4. The van der Waals surface area contributed by atoms with E-state index in [1.807, 2.05) is 30.3 Å². The van der Waals surface area contributed by atoms with Crippen LogP contribution in [0.15, 0.2) is 42.6 Å². The first-order valence-corrected chi connectivity index (χ1v) is 10.6. The van der Waals surface area contributed by atoms with Crippen LogP contribution in [0.4, 0.5) is 4.39 Å². The third kappa shape index (κ3) is 3.87. The van der Waals surface area contributed by atoms with Crippen LogP contribution in [0.3, 0.4) is 0 Å². The number of hydrogen-bond acceptors (Lipinski definition) is 5. The maximum absolute atomic E-state index is 14.3. The summed E-state index contributed by atoms with van der Waals surface area (Å²) in [5, 5.41) is 8.99. The number of benzene rings is 1. The molecular weight excluding hydrogens is 399 g/mol. The van der Waals surface area contributed by atoms with E-state index in [1.54, 1.807) is 17.2 Å². The molecule has 0 bridgehead atoms. The minimum atomic E-state index is -1.11. The van der Waals surface area contributed by atoms with Gasteiger partial charge in [0.05, 0.1) is 30.8 Å². The second-order valence-corrected chi connectivity index (χ2v) is 8.16. The molecular formula is C22H23FN6O2. The predicted molar refractivity (Wildman–Crippen MR) is 111 cm³/mol. The maximum Gasteiger partial charge on any atom is 0.276 e. The normalized spacial score (nSPS) is 21.2. The molecule has 0 aliphatic carbocycles. The van der Waals surface area contributed by atoms with Gasteiger partial charge in [0.15, 0.2) is 5.69 Å². The van der Waals surface area contributed by atoms with Crippen molar-refractivity contribution >= 4 is 22.7 Å². The van der Waals surface area contributed by atoms with E-state index in [4.69, 9.17) is 0 Å². The fourth-order valence-electron chi connectivity index (χ4n) is 4.40. The molecule has 2 aromatic heterocycles. The van der Waals surface area contributed by atoms with E-state index in [1.165, 1.54) is 9.58 Å². The molecule has 2 fully saturated rings. The van der Waals surface area contributed by atoms with E-state index < -0.39 is 6.17 Å². The van der Waals surface area contributed by atoms with E-state index >= 15 is 0 Å². The van der Waals surface area contributed by atoms with Crippen LogP contribution in [0.1, 0.15) is 40.2 Å². The molecule has 0 saturated carbocycles. The molecule has 1 aromatic carbocycles. The van der Waals surface area contributed by atoms with Crippen molar-refractivity contribution in [1.82, 2.24) is 29.8 Å². The lowest BCUT2D eigenvalue weighted by Crippen LogP contribution is -2.38. The van der Waals surface area contributed by atoms with E-state index in [9.17, 15) is 14.0 Å². The Balaban J connectivity index is 1.32. The highest BCUT2D eigenvalue weighted by Gasteiger charge is 2.37. The maximum atomic E-state index is 14.3. The first-order valence-electron chi connectivity index (χ1n) is 10.6. The van der Waals surface area contributed by atoms with Crippen LogP contribution in [0, 0.1) is 0 Å². The Bertz CT molecular complexity index is 1130. The molecule has 2 amide bonds. The number of pyridine rings is 1. The summed E-state index contributed by atoms with van der Waals surface area (Å²) in [6.45, 7) is 1.77. The van der Waals surface area contributed by atoms with E-state index in [-0.39, 0.29) is 43.1 Å². The topological polar surface area (TPSA) is 84.2 Å². The monoisotopic (exact) mass is 422 g/mol. The van der Waals surface area contributed by atoms with Crippen molar-refractivity contribution in [2.45, 2.75) is 38.0 Å². The van der Waals surface area contributed by atoms with Crippen LogP contribution in [0.5, 0.6) is 0 Å². The van der Waals surface area contributed by atoms with E-state index in [0.29, 0.717) is 5.69 Å². The van der Waals surface area contributed by atoms with Gasteiger partial charge >= 0.3 is 0 Å². The molecule has 2 saturated heterocycles. The molecule has 5 rings (SSSR count). The first kappa shape index (κ1) is 19.6. The first-order chi connectivity index (χ1) is 15.1. The molecule has 8 nitrogen and oxygen atoms in total. The third-order valence-electron chi connectivity index (χ3n) is 5.99. The summed E-state index contributed by atoms with van der Waals surface area (Å²) in [5.41, 5.74) is 1.30. The van der Waals surface area contributed by atoms with Gasteiger partial charge in [-0.05, 0) is 25.0 Å². The van der Waals surface area contributed by atoms with Crippen LogP contribution in [-0.4, -0.2) is 73.4 Å². The van der Waals surface area contributed by atoms with Gasteiger partial charge in [0.2, 0.25) is 0 Å². The molecule has 31 heavy (non-hydrogen) atoms. The van der Waals surface area contributed by atoms with Crippen LogP contribution in [-0.2, 0) is 6.54 Å². The largest absolute Gasteiger partial charge is 0.337 e. The number of nitrogens with zero attached hydrogens (tertiary/aromatic N) is 6. The third-order valence-corrected chi connectivity index (χ3v) is 5.99. The minimum absolute atomic E-state index is 0.0201. The lowest BCUT2D eigenvalue weighted by Gasteiger charge is -2.23. The zero-order chi connectivity index (χ0) is 21.4. The van der Waals surface area contributed by atoms with Gasteiger partial charge in [0.25, 0.3) is 11.8 Å². The fraction of sp³-hybridized carbons (Fsp3) is 0.409. The van der Waals surface area contributed by atoms with Gasteiger partial charge in [0, 0.05) is 24.9 Å². The molecule has 0 N–H and O–H groups in total. The summed E-state index contributed by atoms with van der Waals surface area (Å²) >= 11 is 0. The quantitative estimate of drug-likeness (QED) is 0.644. The summed E-state index contributed by atoms with van der Waals surface area (Å²) in [4.78, 5) is 33.4. The van der Waals surface area contributed by atoms with Gasteiger partial charge in [0.1, 0.15) is 11.9 Å². The van der Waals surface area contributed by atoms with Crippen molar-refractivity contribution in [1.29, 1.82) is 0 Å². The molecule has 160 valence electrons. The average Bonchev–Trinajstić information content (AvgIpc) is 3.54. The number of carbonyl (C=O) groups is 2. The van der Waals surface area contributed by atoms with Gasteiger partial charge in [-0.25, -0.2) is 14.1 Å². The summed E-state index contributed by atoms with van der Waals surface area (Å²) in [6, 6.07) is 10.7. The lowest BCUT2D eigenvalue weighted by molar-refractivity contribution is 0.0708. The number of fused-ring (bicyclic) bond motifs is 1. The summed E-state index contributed by atoms with van der Waals surface area (Å²) in [7, 11) is 0. The van der Waals surface area contributed by atoms with E-state index in [2.05, 4.69) is 15.3 Å². The van der Waals surface area contributed by atoms with Gasteiger partial charge in [-0.15, -0.1) is 5.10 Å². The van der Waals surface area contributed by atoms with Crippen LogP contribution in [0.25, 0.3) is 10.9 Å². The molecule has 0 spiro atoms. The zero-order valence-corrected chi connectivity index (χ0v) is 17.0. The van der Waals surface area contributed by atoms with E-state index in [0.717, 1.165) is 36.8 Å². The standard InChI is InChI=1S/C22H23FN6O2/c23-16-11-17(13-28-14-20(25-26-28)21(30)27-9-3-4-10-27)29(12-16)22(31)19-8-7-15-5-1-2-6-18(15)24-19/h1-2,5-8,14,16-17H,3-4,9-13H2. The molecule has 4 heterocycles. The second kappa shape index (κ2) is 8.05. The number of hydrogen-bond donors (Lipinski definition) is 0. The number of rotatable bonds is 4. The average molecular weight is 422 g/mol. The molecule has 2 aliphatic rings. The Morgan fingerprint density at radius 3 is 2.68 bits per heavy atom. The summed E-state index contributed by atoms with van der Waals surface area (Å²) in [5.74, 6) is -0.434. The van der Waals surface area contributed by atoms with Gasteiger partial charge < -0.3 is 9.80 Å². The number of amides is 2. The van der Waals surface area contributed by atoms with Crippen LogP contribution >= 0.6 is 0 Å². The van der Waals surface area contributed by atoms with Crippen molar-refractivity contribution < 1.29 is 14.0 Å². The second-order valence-electron chi connectivity index (χ2n) is 8.16. The Morgan fingerprint density at radius 2 is 1.84 bits per heavy atom. The highest BCUT2D eigenvalue weighted by Crippen LogP contribution is 2.24. The Morgan fingerprint density at radius 1 is 1.03 bits per heavy atom. The van der Waals surface area contributed by atoms with Crippen LogP contribution < -0.4 is 0 Å². The van der Waals surface area contributed by atoms with Crippen molar-refractivity contribution in [3.05, 3.63) is 54.0 Å². The number of likely N-dealkylation sites (tertiary alicyclic amines) is 2. The summed E-state index contributed by atoms with van der Waals surface area (Å²) in [6.07, 6.45) is 2.69. The molecule has 2 unspecified atom stereocenters. The SMILES string of the molecule is O=C(c1cn(CC2CC(F)CN2C(=O)c2ccc3ccccc3n2)nn1)N1CCCC1. The van der Waals surface area contributed by atoms with Crippen molar-refractivity contribution in [2.75, 3.05) is 19.6 Å².